The van der Waals surface area contributed by atoms with Crippen LogP contribution in [0.4, 0.5) is 5.69 Å². The average Bonchev–Trinajstić information content (AvgIpc) is 2.27. The number of nitrogens with two attached hydrogens (primary N) is 1. The molecule has 0 radical (unpaired) electrons. The van der Waals surface area contributed by atoms with Crippen LogP contribution in [0.2, 0.25) is 0 Å². The van der Waals surface area contributed by atoms with Gasteiger partial charge in [-0.2, -0.15) is 5.10 Å². The molecule has 0 amide bonds. The fraction of sp³-hybridized carbons (Fsp3) is 0.231. The van der Waals surface area contributed by atoms with Crippen LogP contribution in [0.1, 0.15) is 16.7 Å². The summed E-state index contributed by atoms with van der Waals surface area (Å²) < 4.78 is 1.40. The molecule has 1 aromatic heterocycles. The minimum Gasteiger partial charge on any atom is -0.397 e. The standard InChI is InChI=1S/C13H15N3O/c1-9-3-4-11(5-10(9)2)8-16-13(17)6-12(14)7-15-16/h3-7H,8,14H2,1-2H3. The second kappa shape index (κ2) is 4.41. The van der Waals surface area contributed by atoms with Crippen LogP contribution in [-0.4, -0.2) is 9.78 Å². The highest BCUT2D eigenvalue weighted by Gasteiger charge is 2.01. The third-order valence-electron chi connectivity index (χ3n) is 2.79. The Bertz CT molecular complexity index is 602. The molecule has 88 valence electrons. The number of nitrogen functional groups attached to an aromatic ring is 1. The SMILES string of the molecule is Cc1ccc(Cn2ncc(N)cc2=O)cc1C. The van der Waals surface area contributed by atoms with Crippen LogP contribution in [0.15, 0.2) is 35.3 Å². The van der Waals surface area contributed by atoms with E-state index < -0.39 is 0 Å². The maximum Gasteiger partial charge on any atom is 0.269 e. The maximum atomic E-state index is 11.6. The number of aromatic nitrogens is 2. The lowest BCUT2D eigenvalue weighted by Gasteiger charge is -2.07. The van der Waals surface area contributed by atoms with Crippen LogP contribution in [0.5, 0.6) is 0 Å². The van der Waals surface area contributed by atoms with Crippen LogP contribution in [0, 0.1) is 13.8 Å². The van der Waals surface area contributed by atoms with Crippen molar-refractivity contribution in [2.24, 2.45) is 0 Å². The second-order valence-corrected chi connectivity index (χ2v) is 4.20. The molecule has 2 rings (SSSR count). The Morgan fingerprint density at radius 2 is 2.00 bits per heavy atom. The van der Waals surface area contributed by atoms with E-state index in [4.69, 9.17) is 5.73 Å². The second-order valence-electron chi connectivity index (χ2n) is 4.20. The minimum absolute atomic E-state index is 0.178. The van der Waals surface area contributed by atoms with Crippen molar-refractivity contribution in [3.63, 3.8) is 0 Å². The molecule has 0 bridgehead atoms. The van der Waals surface area contributed by atoms with Gasteiger partial charge in [-0.1, -0.05) is 18.2 Å². The van der Waals surface area contributed by atoms with Crippen molar-refractivity contribution in [2.45, 2.75) is 20.4 Å². The van der Waals surface area contributed by atoms with Crippen LogP contribution in [0.3, 0.4) is 0 Å². The third kappa shape index (κ3) is 2.53. The Balaban J connectivity index is 2.31. The molecule has 0 aliphatic heterocycles. The third-order valence-corrected chi connectivity index (χ3v) is 2.79. The zero-order valence-electron chi connectivity index (χ0n) is 9.97. The van der Waals surface area contributed by atoms with Crippen LogP contribution < -0.4 is 11.3 Å². The Labute approximate surface area is 99.7 Å². The van der Waals surface area contributed by atoms with Crippen LogP contribution >= 0.6 is 0 Å². The Morgan fingerprint density at radius 3 is 2.65 bits per heavy atom. The number of nitrogens with zero attached hydrogens (tertiary/aromatic N) is 2. The minimum atomic E-state index is -0.178. The van der Waals surface area contributed by atoms with Crippen molar-refractivity contribution in [3.05, 3.63) is 57.5 Å². The molecule has 0 saturated carbocycles. The van der Waals surface area contributed by atoms with Gasteiger partial charge < -0.3 is 5.73 Å². The van der Waals surface area contributed by atoms with E-state index in [0.29, 0.717) is 12.2 Å². The van der Waals surface area contributed by atoms with Gasteiger partial charge in [0.2, 0.25) is 0 Å². The van der Waals surface area contributed by atoms with E-state index in [1.54, 1.807) is 0 Å². The largest absolute Gasteiger partial charge is 0.397 e. The van der Waals surface area contributed by atoms with Crippen molar-refractivity contribution in [1.82, 2.24) is 9.78 Å². The van der Waals surface area contributed by atoms with Gasteiger partial charge in [0.1, 0.15) is 0 Å². The van der Waals surface area contributed by atoms with Gasteiger partial charge >= 0.3 is 0 Å². The molecule has 0 aliphatic carbocycles. The zero-order valence-corrected chi connectivity index (χ0v) is 9.97. The fourth-order valence-corrected chi connectivity index (χ4v) is 1.64. The zero-order chi connectivity index (χ0) is 12.4. The van der Waals surface area contributed by atoms with Gasteiger partial charge in [0.15, 0.2) is 0 Å². The molecule has 0 unspecified atom stereocenters. The first-order valence-electron chi connectivity index (χ1n) is 5.45. The summed E-state index contributed by atoms with van der Waals surface area (Å²) in [6, 6.07) is 7.51. The van der Waals surface area contributed by atoms with Crippen molar-refractivity contribution >= 4 is 5.69 Å². The molecule has 2 N–H and O–H groups in total. The molecular weight excluding hydrogens is 214 g/mol. The molecule has 1 aromatic carbocycles. The predicted octanol–water partition coefficient (Wildman–Crippen LogP) is 1.49. The summed E-state index contributed by atoms with van der Waals surface area (Å²) in [5, 5.41) is 4.00. The van der Waals surface area contributed by atoms with Crippen molar-refractivity contribution < 1.29 is 0 Å². The summed E-state index contributed by atoms with van der Waals surface area (Å²) in [6.45, 7) is 4.59. The summed E-state index contributed by atoms with van der Waals surface area (Å²) in [7, 11) is 0. The topological polar surface area (TPSA) is 60.9 Å². The number of aryl methyl sites for hydroxylation is 2. The fourth-order valence-electron chi connectivity index (χ4n) is 1.64. The van der Waals surface area contributed by atoms with E-state index in [0.717, 1.165) is 5.56 Å². The Kier molecular flexibility index (Phi) is 2.95. The van der Waals surface area contributed by atoms with E-state index in [1.807, 2.05) is 12.1 Å². The van der Waals surface area contributed by atoms with Gasteiger partial charge in [0.25, 0.3) is 5.56 Å². The van der Waals surface area contributed by atoms with E-state index in [-0.39, 0.29) is 5.56 Å². The highest BCUT2D eigenvalue weighted by Crippen LogP contribution is 2.10. The lowest BCUT2D eigenvalue weighted by molar-refractivity contribution is 0.640. The lowest BCUT2D eigenvalue weighted by atomic mass is 10.1. The number of rotatable bonds is 2. The molecule has 4 nitrogen and oxygen atoms in total. The highest BCUT2D eigenvalue weighted by atomic mass is 16.1. The van der Waals surface area contributed by atoms with Gasteiger partial charge in [0, 0.05) is 6.07 Å². The Hall–Kier alpha value is -2.10. The molecule has 17 heavy (non-hydrogen) atoms. The van der Waals surface area contributed by atoms with Crippen LogP contribution in [0.25, 0.3) is 0 Å². The molecular formula is C13H15N3O. The van der Waals surface area contributed by atoms with Gasteiger partial charge in [-0.3, -0.25) is 4.79 Å². The number of benzene rings is 1. The molecule has 4 heteroatoms. The van der Waals surface area contributed by atoms with Crippen LogP contribution in [-0.2, 0) is 6.54 Å². The molecule has 0 spiro atoms. The number of hydrogen-bond acceptors (Lipinski definition) is 3. The summed E-state index contributed by atoms with van der Waals surface area (Å²) in [6.07, 6.45) is 1.49. The Morgan fingerprint density at radius 1 is 1.24 bits per heavy atom. The molecule has 0 aliphatic rings. The lowest BCUT2D eigenvalue weighted by Crippen LogP contribution is -2.22. The average molecular weight is 229 g/mol. The number of anilines is 1. The highest BCUT2D eigenvalue weighted by molar-refractivity contribution is 5.32. The van der Waals surface area contributed by atoms with Gasteiger partial charge in [-0.05, 0) is 30.5 Å². The van der Waals surface area contributed by atoms with Crippen molar-refractivity contribution in [2.75, 3.05) is 5.73 Å². The predicted molar refractivity (Wildman–Crippen MR) is 67.9 cm³/mol. The van der Waals surface area contributed by atoms with Crippen molar-refractivity contribution in [3.8, 4) is 0 Å². The normalized spacial score (nSPS) is 10.5. The molecule has 0 fully saturated rings. The summed E-state index contributed by atoms with van der Waals surface area (Å²) in [5.74, 6) is 0. The van der Waals surface area contributed by atoms with E-state index in [2.05, 4.69) is 25.0 Å². The molecule has 0 saturated heterocycles. The first-order valence-corrected chi connectivity index (χ1v) is 5.45. The van der Waals surface area contributed by atoms with E-state index in [1.165, 1.54) is 28.1 Å². The smallest absolute Gasteiger partial charge is 0.269 e. The number of hydrogen-bond donors (Lipinski definition) is 1. The first kappa shape index (κ1) is 11.4. The van der Waals surface area contributed by atoms with Gasteiger partial charge in [0.05, 0.1) is 18.4 Å². The van der Waals surface area contributed by atoms with Gasteiger partial charge in [-0.25, -0.2) is 4.68 Å². The first-order chi connectivity index (χ1) is 8.06. The summed E-state index contributed by atoms with van der Waals surface area (Å²) in [4.78, 5) is 11.6. The molecule has 1 heterocycles. The van der Waals surface area contributed by atoms with E-state index in [9.17, 15) is 4.79 Å². The van der Waals surface area contributed by atoms with E-state index >= 15 is 0 Å². The monoisotopic (exact) mass is 229 g/mol. The van der Waals surface area contributed by atoms with Gasteiger partial charge in [-0.15, -0.1) is 0 Å². The molecule has 0 atom stereocenters. The maximum absolute atomic E-state index is 11.6. The summed E-state index contributed by atoms with van der Waals surface area (Å²) >= 11 is 0. The quantitative estimate of drug-likeness (QED) is 0.848. The summed E-state index contributed by atoms with van der Waals surface area (Å²) in [5.41, 5.74) is 9.22. The molecule has 2 aromatic rings. The van der Waals surface area contributed by atoms with Crippen molar-refractivity contribution in [1.29, 1.82) is 0 Å².